The van der Waals surface area contributed by atoms with Crippen molar-refractivity contribution in [1.82, 2.24) is 4.90 Å². The third-order valence-corrected chi connectivity index (χ3v) is 6.81. The van der Waals surface area contributed by atoms with Crippen molar-refractivity contribution in [3.63, 3.8) is 0 Å². The summed E-state index contributed by atoms with van der Waals surface area (Å²) in [5.74, 6) is 1.16. The van der Waals surface area contributed by atoms with Crippen molar-refractivity contribution in [3.8, 4) is 34.1 Å². The van der Waals surface area contributed by atoms with Crippen LogP contribution in [-0.4, -0.2) is 35.9 Å². The van der Waals surface area contributed by atoms with E-state index >= 15 is 0 Å². The van der Waals surface area contributed by atoms with Crippen molar-refractivity contribution in [2.45, 2.75) is 39.3 Å². The van der Waals surface area contributed by atoms with Crippen LogP contribution in [0, 0.1) is 13.8 Å². The lowest BCUT2D eigenvalue weighted by molar-refractivity contribution is 0.173. The van der Waals surface area contributed by atoms with Crippen LogP contribution in [0.2, 0.25) is 0 Å². The fourth-order valence-corrected chi connectivity index (χ4v) is 5.53. The van der Waals surface area contributed by atoms with Crippen LogP contribution in [0.5, 0.6) is 23.0 Å². The van der Waals surface area contributed by atoms with Gasteiger partial charge in [-0.15, -0.1) is 0 Å². The van der Waals surface area contributed by atoms with E-state index in [1.807, 2.05) is 12.1 Å². The summed E-state index contributed by atoms with van der Waals surface area (Å²) in [7, 11) is 3.13. The molecule has 2 N–H and O–H groups in total. The zero-order chi connectivity index (χ0) is 22.6. The second-order valence-electron chi connectivity index (χ2n) is 8.99. The summed E-state index contributed by atoms with van der Waals surface area (Å²) in [6.45, 7) is 6.04. The number of fused-ring (bicyclic) bond motifs is 2. The van der Waals surface area contributed by atoms with E-state index in [1.54, 1.807) is 20.3 Å². The first-order valence-corrected chi connectivity index (χ1v) is 11.0. The van der Waals surface area contributed by atoms with Crippen molar-refractivity contribution in [2.75, 3.05) is 20.8 Å². The summed E-state index contributed by atoms with van der Waals surface area (Å²) >= 11 is 0. The Morgan fingerprint density at radius 2 is 1.62 bits per heavy atom. The molecule has 166 valence electrons. The highest BCUT2D eigenvalue weighted by Crippen LogP contribution is 2.53. The third-order valence-electron chi connectivity index (χ3n) is 6.81. The summed E-state index contributed by atoms with van der Waals surface area (Å²) in [6.07, 6.45) is 1.66. The monoisotopic (exact) mass is 431 g/mol. The molecule has 0 radical (unpaired) electrons. The van der Waals surface area contributed by atoms with E-state index in [1.165, 1.54) is 27.8 Å². The molecule has 1 heterocycles. The molecular formula is C27H29NO4. The maximum atomic E-state index is 11.2. The van der Waals surface area contributed by atoms with Crippen molar-refractivity contribution in [1.29, 1.82) is 0 Å². The van der Waals surface area contributed by atoms with Crippen LogP contribution in [0.25, 0.3) is 11.1 Å². The molecule has 1 aliphatic carbocycles. The van der Waals surface area contributed by atoms with Crippen molar-refractivity contribution >= 4 is 0 Å². The van der Waals surface area contributed by atoms with Crippen LogP contribution < -0.4 is 9.47 Å². The Hall–Kier alpha value is -3.18. The largest absolute Gasteiger partial charge is 0.504 e. The molecule has 0 aromatic heterocycles. The lowest BCUT2D eigenvalue weighted by atomic mass is 9.76. The van der Waals surface area contributed by atoms with Gasteiger partial charge in [-0.25, -0.2) is 0 Å². The topological polar surface area (TPSA) is 62.2 Å². The number of phenols is 2. The van der Waals surface area contributed by atoms with Gasteiger partial charge in [0.1, 0.15) is 0 Å². The normalized spacial score (nSPS) is 16.9. The molecule has 0 spiro atoms. The number of rotatable bonds is 4. The Labute approximate surface area is 188 Å². The number of ether oxygens (including phenoxy) is 2. The zero-order valence-electron chi connectivity index (χ0n) is 19.0. The number of hydrogen-bond acceptors (Lipinski definition) is 5. The van der Waals surface area contributed by atoms with E-state index in [-0.39, 0.29) is 17.5 Å². The summed E-state index contributed by atoms with van der Waals surface area (Å²) < 4.78 is 10.9. The average Bonchev–Trinajstić information content (AvgIpc) is 2.75. The standard InChI is InChI=1S/C27H29NO4/c1-15-7-16(2)9-17(8-15)14-28-6-5-18-12-24(32-4)27(30)26-20-13-23(31-3)22(29)11-19(20)10-21(28)25(18)26/h7-9,11-13,21,29-30H,5-6,10,14H2,1-4H3. The minimum atomic E-state index is 0.117. The van der Waals surface area contributed by atoms with Gasteiger partial charge in [0.05, 0.1) is 14.2 Å². The molecule has 0 fully saturated rings. The van der Waals surface area contributed by atoms with Gasteiger partial charge in [0.25, 0.3) is 0 Å². The van der Waals surface area contributed by atoms with E-state index in [9.17, 15) is 10.2 Å². The highest BCUT2D eigenvalue weighted by atomic mass is 16.5. The van der Waals surface area contributed by atoms with Gasteiger partial charge in [-0.05, 0) is 72.7 Å². The Morgan fingerprint density at radius 3 is 2.31 bits per heavy atom. The van der Waals surface area contributed by atoms with Crippen molar-refractivity contribution in [2.24, 2.45) is 0 Å². The predicted molar refractivity (Wildman–Crippen MR) is 125 cm³/mol. The number of aromatic hydroxyl groups is 2. The van der Waals surface area contributed by atoms with E-state index in [2.05, 4.69) is 36.9 Å². The molecule has 0 amide bonds. The van der Waals surface area contributed by atoms with Crippen molar-refractivity contribution < 1.29 is 19.7 Å². The second-order valence-corrected chi connectivity index (χ2v) is 8.99. The van der Waals surface area contributed by atoms with Crippen LogP contribution in [0.15, 0.2) is 36.4 Å². The highest BCUT2D eigenvalue weighted by Gasteiger charge is 2.37. The van der Waals surface area contributed by atoms with Gasteiger partial charge in [-0.1, -0.05) is 29.3 Å². The first kappa shape index (κ1) is 20.7. The molecule has 5 nitrogen and oxygen atoms in total. The van der Waals surface area contributed by atoms with Crippen LogP contribution in [0.3, 0.4) is 0 Å². The Morgan fingerprint density at radius 1 is 0.906 bits per heavy atom. The maximum Gasteiger partial charge on any atom is 0.166 e. The van der Waals surface area contributed by atoms with Gasteiger partial charge in [0, 0.05) is 24.7 Å². The number of aryl methyl sites for hydroxylation is 2. The van der Waals surface area contributed by atoms with E-state index in [4.69, 9.17) is 9.47 Å². The Kier molecular flexibility index (Phi) is 5.01. The van der Waals surface area contributed by atoms with Gasteiger partial charge in [-0.2, -0.15) is 0 Å². The smallest absolute Gasteiger partial charge is 0.166 e. The highest BCUT2D eigenvalue weighted by molar-refractivity contribution is 5.84. The third kappa shape index (κ3) is 3.28. The summed E-state index contributed by atoms with van der Waals surface area (Å²) in [5.41, 5.74) is 8.92. The molecule has 3 aromatic carbocycles. The van der Waals surface area contributed by atoms with Gasteiger partial charge in [-0.3, -0.25) is 4.90 Å². The van der Waals surface area contributed by atoms with E-state index in [0.29, 0.717) is 11.5 Å². The molecule has 1 unspecified atom stereocenters. The summed E-state index contributed by atoms with van der Waals surface area (Å²) in [6, 6.07) is 12.4. The number of nitrogens with zero attached hydrogens (tertiary/aromatic N) is 1. The lowest BCUT2D eigenvalue weighted by Crippen LogP contribution is -2.38. The molecular weight excluding hydrogens is 402 g/mol. The average molecular weight is 432 g/mol. The van der Waals surface area contributed by atoms with Crippen LogP contribution in [-0.2, 0) is 19.4 Å². The number of phenolic OH excluding ortho intramolecular Hbond substituents is 2. The molecule has 5 heteroatoms. The Balaban J connectivity index is 1.66. The minimum absolute atomic E-state index is 0.117. The molecule has 0 saturated heterocycles. The van der Waals surface area contributed by atoms with Crippen LogP contribution in [0.1, 0.15) is 39.4 Å². The minimum Gasteiger partial charge on any atom is -0.504 e. The summed E-state index contributed by atoms with van der Waals surface area (Å²) in [5, 5.41) is 21.6. The first-order valence-electron chi connectivity index (χ1n) is 11.0. The summed E-state index contributed by atoms with van der Waals surface area (Å²) in [4.78, 5) is 2.50. The first-order chi connectivity index (χ1) is 15.4. The molecule has 1 aliphatic heterocycles. The lowest BCUT2D eigenvalue weighted by Gasteiger charge is -2.42. The van der Waals surface area contributed by atoms with Crippen molar-refractivity contribution in [3.05, 3.63) is 69.8 Å². The molecule has 5 rings (SSSR count). The van der Waals surface area contributed by atoms with Gasteiger partial charge in [0.15, 0.2) is 23.0 Å². The van der Waals surface area contributed by atoms with Gasteiger partial charge in [0.2, 0.25) is 0 Å². The molecule has 3 aromatic rings. The molecule has 0 saturated carbocycles. The fourth-order valence-electron chi connectivity index (χ4n) is 5.53. The quantitative estimate of drug-likeness (QED) is 0.605. The van der Waals surface area contributed by atoms with Crippen LogP contribution in [0.4, 0.5) is 0 Å². The molecule has 1 atom stereocenters. The maximum absolute atomic E-state index is 11.2. The molecule has 0 bridgehead atoms. The SMILES string of the molecule is COc1cc2c(cc1O)CC1c3c(cc(OC)c(O)c3-2)CCN1Cc1cc(C)cc(C)c1. The van der Waals surface area contributed by atoms with Gasteiger partial charge < -0.3 is 19.7 Å². The van der Waals surface area contributed by atoms with E-state index < -0.39 is 0 Å². The van der Waals surface area contributed by atoms with Gasteiger partial charge >= 0.3 is 0 Å². The number of methoxy groups -OCH3 is 2. The number of hydrogen-bond donors (Lipinski definition) is 2. The number of benzene rings is 3. The second kappa shape index (κ2) is 7.75. The molecule has 2 aliphatic rings. The zero-order valence-corrected chi connectivity index (χ0v) is 19.0. The fraction of sp³-hybridized carbons (Fsp3) is 0.333. The predicted octanol–water partition coefficient (Wildman–Crippen LogP) is 5.05. The molecule has 32 heavy (non-hydrogen) atoms. The Bertz CT molecular complexity index is 1200. The van der Waals surface area contributed by atoms with Crippen LogP contribution >= 0.6 is 0 Å². The van der Waals surface area contributed by atoms with E-state index in [0.717, 1.165) is 42.6 Å².